The molecular formula is C19H15BrO4. The van der Waals surface area contributed by atoms with E-state index in [0.29, 0.717) is 28.4 Å². The van der Waals surface area contributed by atoms with Crippen LogP contribution in [0.1, 0.15) is 11.1 Å². The second kappa shape index (κ2) is 6.93. The summed E-state index contributed by atoms with van der Waals surface area (Å²) in [5.74, 6) is 1.32. The van der Waals surface area contributed by atoms with Crippen molar-refractivity contribution in [3.63, 3.8) is 0 Å². The number of ether oxygens (including phenoxy) is 3. The first-order chi connectivity index (χ1) is 11.6. The van der Waals surface area contributed by atoms with E-state index in [-0.39, 0.29) is 0 Å². The predicted octanol–water partition coefficient (Wildman–Crippen LogP) is 4.45. The summed E-state index contributed by atoms with van der Waals surface area (Å²) in [7, 11) is 3.15. The second-order valence-corrected chi connectivity index (χ2v) is 6.03. The van der Waals surface area contributed by atoms with Crippen LogP contribution in [0, 0.1) is 0 Å². The van der Waals surface area contributed by atoms with E-state index >= 15 is 0 Å². The van der Waals surface area contributed by atoms with Gasteiger partial charge in [-0.3, -0.25) is 0 Å². The Balaban J connectivity index is 1.98. The van der Waals surface area contributed by atoms with Gasteiger partial charge < -0.3 is 14.2 Å². The van der Waals surface area contributed by atoms with Gasteiger partial charge in [0.25, 0.3) is 0 Å². The standard InChI is InChI=1S/C19H15BrO4/c1-22-15-7-8-17(23-2)16(11-15)18-10-13(19(21)24-18)9-12-3-5-14(20)6-4-12/h3-11H,1-2H3. The summed E-state index contributed by atoms with van der Waals surface area (Å²) in [4.78, 5) is 12.2. The second-order valence-electron chi connectivity index (χ2n) is 5.12. The Bertz CT molecular complexity index is 835. The molecule has 0 bridgehead atoms. The molecule has 1 aliphatic heterocycles. The first-order valence-electron chi connectivity index (χ1n) is 7.24. The molecule has 3 rings (SSSR count). The zero-order valence-corrected chi connectivity index (χ0v) is 14.8. The van der Waals surface area contributed by atoms with Gasteiger partial charge >= 0.3 is 5.97 Å². The Morgan fingerprint density at radius 2 is 1.79 bits per heavy atom. The molecule has 2 aromatic rings. The maximum atomic E-state index is 12.2. The van der Waals surface area contributed by atoms with Crippen molar-refractivity contribution in [1.82, 2.24) is 0 Å². The quantitative estimate of drug-likeness (QED) is 0.575. The zero-order chi connectivity index (χ0) is 17.1. The van der Waals surface area contributed by atoms with Crippen molar-refractivity contribution in [2.45, 2.75) is 0 Å². The van der Waals surface area contributed by atoms with E-state index in [1.54, 1.807) is 44.6 Å². The Hall–Kier alpha value is -2.53. The number of cyclic esters (lactones) is 1. The van der Waals surface area contributed by atoms with Crippen LogP contribution in [0.2, 0.25) is 0 Å². The molecule has 0 unspecified atom stereocenters. The number of carbonyl (C=O) groups is 1. The van der Waals surface area contributed by atoms with E-state index in [4.69, 9.17) is 14.2 Å². The molecule has 1 aliphatic rings. The first kappa shape index (κ1) is 16.3. The molecular weight excluding hydrogens is 372 g/mol. The van der Waals surface area contributed by atoms with Crippen molar-refractivity contribution in [3.05, 3.63) is 69.7 Å². The van der Waals surface area contributed by atoms with Crippen LogP contribution in [0.15, 0.2) is 58.6 Å². The lowest BCUT2D eigenvalue weighted by Gasteiger charge is -2.10. The fourth-order valence-electron chi connectivity index (χ4n) is 2.37. The van der Waals surface area contributed by atoms with Crippen LogP contribution < -0.4 is 9.47 Å². The predicted molar refractivity (Wildman–Crippen MR) is 95.7 cm³/mol. The third-order valence-electron chi connectivity index (χ3n) is 3.59. The van der Waals surface area contributed by atoms with Gasteiger partial charge in [-0.15, -0.1) is 0 Å². The molecule has 122 valence electrons. The van der Waals surface area contributed by atoms with E-state index in [0.717, 1.165) is 10.0 Å². The van der Waals surface area contributed by atoms with Gasteiger partial charge in [0.15, 0.2) is 0 Å². The number of hydrogen-bond acceptors (Lipinski definition) is 4. The van der Waals surface area contributed by atoms with Gasteiger partial charge in [0.05, 0.1) is 25.4 Å². The molecule has 0 saturated heterocycles. The molecule has 2 aromatic carbocycles. The highest BCUT2D eigenvalue weighted by atomic mass is 79.9. The van der Waals surface area contributed by atoms with E-state index in [9.17, 15) is 4.79 Å². The van der Waals surface area contributed by atoms with Crippen molar-refractivity contribution in [2.75, 3.05) is 14.2 Å². The average molecular weight is 387 g/mol. The van der Waals surface area contributed by atoms with E-state index in [1.165, 1.54) is 0 Å². The van der Waals surface area contributed by atoms with Gasteiger partial charge in [-0.05, 0) is 48.0 Å². The van der Waals surface area contributed by atoms with Crippen molar-refractivity contribution < 1.29 is 19.0 Å². The summed E-state index contributed by atoms with van der Waals surface area (Å²) in [6, 6.07) is 13.0. The molecule has 0 amide bonds. The van der Waals surface area contributed by atoms with Crippen LogP contribution in [0.5, 0.6) is 11.5 Å². The van der Waals surface area contributed by atoms with Crippen molar-refractivity contribution in [2.24, 2.45) is 0 Å². The summed E-state index contributed by atoms with van der Waals surface area (Å²) in [5.41, 5.74) is 2.07. The minimum absolute atomic E-state index is 0.391. The molecule has 0 spiro atoms. The number of benzene rings is 2. The molecule has 0 fully saturated rings. The lowest BCUT2D eigenvalue weighted by molar-refractivity contribution is -0.130. The number of hydrogen-bond donors (Lipinski definition) is 0. The van der Waals surface area contributed by atoms with E-state index in [1.807, 2.05) is 24.3 Å². The van der Waals surface area contributed by atoms with Gasteiger partial charge in [-0.25, -0.2) is 4.79 Å². The highest BCUT2D eigenvalue weighted by Crippen LogP contribution is 2.35. The fraction of sp³-hybridized carbons (Fsp3) is 0.105. The Morgan fingerprint density at radius 1 is 1.04 bits per heavy atom. The van der Waals surface area contributed by atoms with Crippen LogP contribution in [0.3, 0.4) is 0 Å². The maximum Gasteiger partial charge on any atom is 0.343 e. The SMILES string of the molecule is COc1ccc(OC)c(C2=CC(=Cc3ccc(Br)cc3)C(=O)O2)c1. The molecule has 5 heteroatoms. The van der Waals surface area contributed by atoms with Crippen LogP contribution >= 0.6 is 15.9 Å². The van der Waals surface area contributed by atoms with Gasteiger partial charge in [0.2, 0.25) is 0 Å². The lowest BCUT2D eigenvalue weighted by Crippen LogP contribution is -1.98. The average Bonchev–Trinajstić information content (AvgIpc) is 2.97. The van der Waals surface area contributed by atoms with Crippen molar-refractivity contribution in [3.8, 4) is 11.5 Å². The molecule has 0 saturated carbocycles. The van der Waals surface area contributed by atoms with Gasteiger partial charge in [0, 0.05) is 4.47 Å². The topological polar surface area (TPSA) is 44.8 Å². The summed E-state index contributed by atoms with van der Waals surface area (Å²) >= 11 is 3.39. The lowest BCUT2D eigenvalue weighted by atomic mass is 10.1. The smallest absolute Gasteiger partial charge is 0.343 e. The highest BCUT2D eigenvalue weighted by molar-refractivity contribution is 9.10. The number of methoxy groups -OCH3 is 2. The third kappa shape index (κ3) is 3.36. The van der Waals surface area contributed by atoms with Crippen LogP contribution in [0.25, 0.3) is 11.8 Å². The molecule has 0 aliphatic carbocycles. The number of esters is 1. The molecule has 0 radical (unpaired) electrons. The first-order valence-corrected chi connectivity index (χ1v) is 8.03. The number of rotatable bonds is 4. The van der Waals surface area contributed by atoms with Gasteiger partial charge in [-0.2, -0.15) is 0 Å². The maximum absolute atomic E-state index is 12.2. The van der Waals surface area contributed by atoms with Crippen LogP contribution in [-0.2, 0) is 9.53 Å². The van der Waals surface area contributed by atoms with Crippen LogP contribution in [0.4, 0.5) is 0 Å². The largest absolute Gasteiger partial charge is 0.497 e. The Morgan fingerprint density at radius 3 is 2.46 bits per heavy atom. The summed E-state index contributed by atoms with van der Waals surface area (Å²) in [6.45, 7) is 0. The fourth-order valence-corrected chi connectivity index (χ4v) is 2.63. The Labute approximate surface area is 148 Å². The van der Waals surface area contributed by atoms with Crippen molar-refractivity contribution in [1.29, 1.82) is 0 Å². The zero-order valence-electron chi connectivity index (χ0n) is 13.2. The summed E-state index contributed by atoms with van der Waals surface area (Å²) in [6.07, 6.45) is 3.50. The van der Waals surface area contributed by atoms with Gasteiger partial charge in [-0.1, -0.05) is 28.1 Å². The third-order valence-corrected chi connectivity index (χ3v) is 4.12. The molecule has 4 nitrogen and oxygen atoms in total. The minimum atomic E-state index is -0.391. The molecule has 0 N–H and O–H groups in total. The minimum Gasteiger partial charge on any atom is -0.497 e. The molecule has 0 atom stereocenters. The van der Waals surface area contributed by atoms with Crippen LogP contribution in [-0.4, -0.2) is 20.2 Å². The normalized spacial score (nSPS) is 15.2. The molecule has 0 aromatic heterocycles. The van der Waals surface area contributed by atoms with Gasteiger partial charge in [0.1, 0.15) is 17.3 Å². The van der Waals surface area contributed by atoms with E-state index in [2.05, 4.69) is 15.9 Å². The van der Waals surface area contributed by atoms with E-state index < -0.39 is 5.97 Å². The monoisotopic (exact) mass is 386 g/mol. The highest BCUT2D eigenvalue weighted by Gasteiger charge is 2.24. The summed E-state index contributed by atoms with van der Waals surface area (Å²) < 4.78 is 17.0. The summed E-state index contributed by atoms with van der Waals surface area (Å²) in [5, 5.41) is 0. The Kier molecular flexibility index (Phi) is 4.71. The number of halogens is 1. The number of carbonyl (C=O) groups excluding carboxylic acids is 1. The van der Waals surface area contributed by atoms with Crippen molar-refractivity contribution >= 4 is 33.7 Å². The molecule has 24 heavy (non-hydrogen) atoms. The molecule has 1 heterocycles.